The van der Waals surface area contributed by atoms with Gasteiger partial charge in [0, 0.05) is 23.5 Å². The summed E-state index contributed by atoms with van der Waals surface area (Å²) in [5, 5.41) is 2.98. The number of aliphatic imine (C=N–C) groups is 1. The molecule has 1 N–H and O–H groups in total. The molecule has 0 saturated carbocycles. The van der Waals surface area contributed by atoms with Gasteiger partial charge in [-0.05, 0) is 67.5 Å². The van der Waals surface area contributed by atoms with Gasteiger partial charge in [0.15, 0.2) is 0 Å². The highest BCUT2D eigenvalue weighted by Crippen LogP contribution is 2.30. The number of anilines is 1. The molecule has 2 rings (SSSR count). The number of halogens is 2. The molecule has 0 amide bonds. The molecule has 0 aliphatic heterocycles. The summed E-state index contributed by atoms with van der Waals surface area (Å²) >= 11 is 0. The average Bonchev–Trinajstić information content (AvgIpc) is 2.79. The summed E-state index contributed by atoms with van der Waals surface area (Å²) in [6.45, 7) is 10.4. The van der Waals surface area contributed by atoms with E-state index < -0.39 is 11.6 Å². The van der Waals surface area contributed by atoms with Gasteiger partial charge < -0.3 is 5.32 Å². The van der Waals surface area contributed by atoms with Crippen molar-refractivity contribution in [2.75, 3.05) is 5.32 Å². The van der Waals surface area contributed by atoms with Crippen LogP contribution in [0.3, 0.4) is 0 Å². The molecule has 0 aliphatic rings. The quantitative estimate of drug-likeness (QED) is 0.218. The van der Waals surface area contributed by atoms with Crippen LogP contribution in [0.25, 0.3) is 5.57 Å². The molecule has 0 heterocycles. The number of nitrogens with one attached hydrogen (secondary N) is 1. The zero-order valence-electron chi connectivity index (χ0n) is 20.5. The molecule has 33 heavy (non-hydrogen) atoms. The highest BCUT2D eigenvalue weighted by Gasteiger charge is 2.11. The number of benzene rings is 2. The minimum Gasteiger partial charge on any atom is -0.344 e. The van der Waals surface area contributed by atoms with Gasteiger partial charge in [0.1, 0.15) is 17.5 Å². The van der Waals surface area contributed by atoms with Gasteiger partial charge in [-0.1, -0.05) is 70.0 Å². The minimum absolute atomic E-state index is 0.332. The second-order valence-electron chi connectivity index (χ2n) is 8.17. The molecule has 0 saturated heterocycles. The summed E-state index contributed by atoms with van der Waals surface area (Å²) in [7, 11) is 0. The fourth-order valence-corrected chi connectivity index (χ4v) is 3.48. The number of hydrogen-bond acceptors (Lipinski definition) is 1. The summed E-state index contributed by atoms with van der Waals surface area (Å²) in [4.78, 5) is 4.61. The van der Waals surface area contributed by atoms with E-state index in [1.807, 2.05) is 6.20 Å². The number of aryl methyl sites for hydroxylation is 1. The predicted molar refractivity (Wildman–Crippen MR) is 139 cm³/mol. The van der Waals surface area contributed by atoms with E-state index in [0.717, 1.165) is 60.5 Å². The van der Waals surface area contributed by atoms with Crippen molar-refractivity contribution in [2.24, 2.45) is 4.99 Å². The molecule has 2 nitrogen and oxygen atoms in total. The van der Waals surface area contributed by atoms with E-state index in [0.29, 0.717) is 11.5 Å². The largest absolute Gasteiger partial charge is 0.344 e. The van der Waals surface area contributed by atoms with Crippen molar-refractivity contribution >= 4 is 17.1 Å². The molecule has 0 atom stereocenters. The van der Waals surface area contributed by atoms with E-state index in [4.69, 9.17) is 0 Å². The first-order chi connectivity index (χ1) is 15.9. The molecular formula is C29H36F2N2. The summed E-state index contributed by atoms with van der Waals surface area (Å²) in [5.41, 5.74) is 6.15. The first-order valence-corrected chi connectivity index (χ1v) is 11.8. The van der Waals surface area contributed by atoms with Gasteiger partial charge in [0.2, 0.25) is 0 Å². The van der Waals surface area contributed by atoms with Crippen molar-refractivity contribution in [3.63, 3.8) is 0 Å². The number of nitrogens with zero attached hydrogens (tertiary/aromatic N) is 1. The summed E-state index contributed by atoms with van der Waals surface area (Å²) in [5.74, 6) is -0.697. The Morgan fingerprint density at radius 3 is 2.06 bits per heavy atom. The van der Waals surface area contributed by atoms with Gasteiger partial charge in [-0.15, -0.1) is 0 Å². The van der Waals surface area contributed by atoms with Crippen molar-refractivity contribution in [3.05, 3.63) is 94.7 Å². The second-order valence-corrected chi connectivity index (χ2v) is 8.17. The van der Waals surface area contributed by atoms with E-state index in [9.17, 15) is 8.78 Å². The van der Waals surface area contributed by atoms with Crippen molar-refractivity contribution < 1.29 is 8.78 Å². The normalized spacial score (nSPS) is 13.4. The standard InChI is InChI=1S/C29H36F2N2/c1-6-9-11-21(4)29(20-32-22(5)33-27-18-25(30)17-26(31)19-27)28(12-10-7-2)24-15-13-23(8-3)14-16-24/h11-20H,6-10H2,1-5H3,(H,32,33)/b21-11+,28-12-,29-20+. The van der Waals surface area contributed by atoms with Crippen molar-refractivity contribution in [1.82, 2.24) is 0 Å². The molecule has 2 aromatic carbocycles. The van der Waals surface area contributed by atoms with E-state index in [2.05, 4.69) is 74.4 Å². The third-order valence-corrected chi connectivity index (χ3v) is 5.34. The molecule has 2 aromatic rings. The van der Waals surface area contributed by atoms with Gasteiger partial charge in [0.05, 0.1) is 0 Å². The molecular weight excluding hydrogens is 414 g/mol. The lowest BCUT2D eigenvalue weighted by atomic mass is 9.91. The third-order valence-electron chi connectivity index (χ3n) is 5.34. The van der Waals surface area contributed by atoms with Crippen LogP contribution in [-0.4, -0.2) is 5.84 Å². The van der Waals surface area contributed by atoms with E-state index in [-0.39, 0.29) is 0 Å². The first-order valence-electron chi connectivity index (χ1n) is 11.8. The summed E-state index contributed by atoms with van der Waals surface area (Å²) in [6, 6.07) is 12.0. The first kappa shape index (κ1) is 26.2. The molecule has 0 spiro atoms. The molecule has 0 bridgehead atoms. The van der Waals surface area contributed by atoms with Crippen LogP contribution in [0.15, 0.2) is 77.0 Å². The molecule has 0 fully saturated rings. The fourth-order valence-electron chi connectivity index (χ4n) is 3.48. The lowest BCUT2D eigenvalue weighted by molar-refractivity contribution is 0.584. The topological polar surface area (TPSA) is 24.4 Å². The van der Waals surface area contributed by atoms with E-state index >= 15 is 0 Å². The zero-order chi connectivity index (χ0) is 24.2. The van der Waals surface area contributed by atoms with Crippen molar-refractivity contribution in [3.8, 4) is 0 Å². The lowest BCUT2D eigenvalue weighted by Crippen LogP contribution is -2.07. The Labute approximate surface area is 197 Å². The molecule has 0 aliphatic carbocycles. The van der Waals surface area contributed by atoms with Gasteiger partial charge >= 0.3 is 0 Å². The predicted octanol–water partition coefficient (Wildman–Crippen LogP) is 8.87. The maximum atomic E-state index is 13.5. The van der Waals surface area contributed by atoms with E-state index in [1.54, 1.807) is 6.92 Å². The van der Waals surface area contributed by atoms with Crippen molar-refractivity contribution in [2.45, 2.75) is 66.7 Å². The summed E-state index contributed by atoms with van der Waals surface area (Å²) in [6.07, 6.45) is 11.4. The number of allylic oxidation sites excluding steroid dienone is 5. The SMILES string of the molecule is CCC\C=C(C(=C/N=C(C)Nc1cc(F)cc(F)c1)/C(C)=C/CCC)\c1ccc(CC)cc1. The minimum atomic E-state index is -0.625. The van der Waals surface area contributed by atoms with E-state index in [1.165, 1.54) is 17.7 Å². The van der Waals surface area contributed by atoms with Gasteiger partial charge in [0.25, 0.3) is 0 Å². The Morgan fingerprint density at radius 1 is 0.879 bits per heavy atom. The summed E-state index contributed by atoms with van der Waals surface area (Å²) < 4.78 is 27.1. The zero-order valence-corrected chi connectivity index (χ0v) is 20.5. The molecule has 0 aromatic heterocycles. The number of unbranched alkanes of at least 4 members (excludes halogenated alkanes) is 2. The molecule has 0 unspecified atom stereocenters. The Bertz CT molecular complexity index is 1010. The number of amidine groups is 1. The van der Waals surface area contributed by atoms with Crippen LogP contribution < -0.4 is 5.32 Å². The highest BCUT2D eigenvalue weighted by molar-refractivity contribution is 5.94. The van der Waals surface area contributed by atoms with Crippen molar-refractivity contribution in [1.29, 1.82) is 0 Å². The van der Waals surface area contributed by atoms with Crippen LogP contribution in [0.5, 0.6) is 0 Å². The van der Waals surface area contributed by atoms with Crippen LogP contribution >= 0.6 is 0 Å². The number of hydrogen-bond donors (Lipinski definition) is 1. The van der Waals surface area contributed by atoms with Crippen LogP contribution in [0.2, 0.25) is 0 Å². The van der Waals surface area contributed by atoms with Gasteiger partial charge in [-0.3, -0.25) is 0 Å². The Hall–Kier alpha value is -3.01. The van der Waals surface area contributed by atoms with Crippen LogP contribution in [0, 0.1) is 11.6 Å². The molecule has 4 heteroatoms. The van der Waals surface area contributed by atoms with Crippen LogP contribution in [0.4, 0.5) is 14.5 Å². The van der Waals surface area contributed by atoms with Gasteiger partial charge in [-0.2, -0.15) is 0 Å². The lowest BCUT2D eigenvalue weighted by Gasteiger charge is -2.15. The maximum absolute atomic E-state index is 13.5. The Morgan fingerprint density at radius 2 is 1.48 bits per heavy atom. The molecule has 0 radical (unpaired) electrons. The molecule has 176 valence electrons. The smallest absolute Gasteiger partial charge is 0.128 e. The third kappa shape index (κ3) is 8.45. The number of rotatable bonds is 10. The van der Waals surface area contributed by atoms with Crippen LogP contribution in [-0.2, 0) is 6.42 Å². The second kappa shape index (κ2) is 13.5. The average molecular weight is 451 g/mol. The Kier molecular flexibility index (Phi) is 10.8. The van der Waals surface area contributed by atoms with Gasteiger partial charge in [-0.25, -0.2) is 13.8 Å². The monoisotopic (exact) mass is 450 g/mol. The maximum Gasteiger partial charge on any atom is 0.128 e. The highest BCUT2D eigenvalue weighted by atomic mass is 19.1. The fraction of sp³-hybridized carbons (Fsp3) is 0.345. The Balaban J connectivity index is 2.48. The van der Waals surface area contributed by atoms with Crippen LogP contribution in [0.1, 0.15) is 71.4 Å².